The van der Waals surface area contributed by atoms with Crippen LogP contribution in [0.15, 0.2) is 18.2 Å². The van der Waals surface area contributed by atoms with Crippen LogP contribution in [0.4, 0.5) is 0 Å². The molecule has 0 aliphatic rings. The Morgan fingerprint density at radius 1 is 1.24 bits per heavy atom. The number of aromatic hydroxyl groups is 1. The molecule has 0 aliphatic carbocycles. The van der Waals surface area contributed by atoms with Crippen molar-refractivity contribution >= 4 is 0 Å². The number of hydrogen-bond acceptors (Lipinski definition) is 4. The first-order chi connectivity index (χ1) is 8.29. The lowest BCUT2D eigenvalue weighted by molar-refractivity contribution is 0.149. The fourth-order valence-corrected chi connectivity index (χ4v) is 1.49. The van der Waals surface area contributed by atoms with Gasteiger partial charge >= 0.3 is 0 Å². The monoisotopic (exact) mass is 239 g/mol. The zero-order chi connectivity index (χ0) is 12.5. The molecule has 1 aromatic rings. The van der Waals surface area contributed by atoms with E-state index in [-0.39, 0.29) is 5.75 Å². The van der Waals surface area contributed by atoms with Gasteiger partial charge in [0.2, 0.25) is 0 Å². The summed E-state index contributed by atoms with van der Waals surface area (Å²) in [6.45, 7) is 7.21. The number of ether oxygens (including phenoxy) is 2. The molecule has 2 N–H and O–H groups in total. The van der Waals surface area contributed by atoms with Crippen LogP contribution in [-0.2, 0) is 11.3 Å². The van der Waals surface area contributed by atoms with Crippen LogP contribution in [0.1, 0.15) is 19.4 Å². The molecular weight excluding hydrogens is 218 g/mol. The van der Waals surface area contributed by atoms with Gasteiger partial charge in [0.15, 0.2) is 11.5 Å². The van der Waals surface area contributed by atoms with Gasteiger partial charge in [-0.3, -0.25) is 0 Å². The second kappa shape index (κ2) is 7.92. The van der Waals surface area contributed by atoms with Gasteiger partial charge < -0.3 is 19.9 Å². The lowest BCUT2D eigenvalue weighted by Crippen LogP contribution is -2.19. The summed E-state index contributed by atoms with van der Waals surface area (Å²) < 4.78 is 10.5. The number of para-hydroxylation sites is 1. The Bertz CT molecular complexity index is 328. The Morgan fingerprint density at radius 2 is 2.06 bits per heavy atom. The molecule has 0 radical (unpaired) electrons. The standard InChI is InChI=1S/C13H21NO3/c1-3-16-9-8-14-10-11-6-5-7-12(13(11)15)17-4-2/h5-7,14-15H,3-4,8-10H2,1-2H3. The van der Waals surface area contributed by atoms with Crippen molar-refractivity contribution in [3.63, 3.8) is 0 Å². The molecule has 0 spiro atoms. The molecule has 0 atom stereocenters. The minimum absolute atomic E-state index is 0.221. The summed E-state index contributed by atoms with van der Waals surface area (Å²) >= 11 is 0. The van der Waals surface area contributed by atoms with E-state index >= 15 is 0 Å². The number of phenolic OH excluding ortho intramolecular Hbond substituents is 1. The summed E-state index contributed by atoms with van der Waals surface area (Å²) in [5.41, 5.74) is 0.840. The van der Waals surface area contributed by atoms with Crippen molar-refractivity contribution in [1.29, 1.82) is 0 Å². The second-order valence-electron chi connectivity index (χ2n) is 3.57. The fraction of sp³-hybridized carbons (Fsp3) is 0.538. The number of benzene rings is 1. The summed E-state index contributed by atoms with van der Waals surface area (Å²) in [5, 5.41) is 13.1. The lowest BCUT2D eigenvalue weighted by atomic mass is 10.2. The van der Waals surface area contributed by atoms with E-state index in [1.54, 1.807) is 6.07 Å². The molecule has 0 saturated heterocycles. The van der Waals surface area contributed by atoms with Crippen LogP contribution in [0.5, 0.6) is 11.5 Å². The zero-order valence-electron chi connectivity index (χ0n) is 10.5. The number of hydrogen-bond donors (Lipinski definition) is 2. The van der Waals surface area contributed by atoms with E-state index in [0.717, 1.165) is 18.7 Å². The maximum absolute atomic E-state index is 9.93. The molecule has 1 rings (SSSR count). The largest absolute Gasteiger partial charge is 0.504 e. The topological polar surface area (TPSA) is 50.7 Å². The van der Waals surface area contributed by atoms with Crippen molar-refractivity contribution in [2.24, 2.45) is 0 Å². The van der Waals surface area contributed by atoms with E-state index in [9.17, 15) is 5.11 Å². The molecule has 1 aromatic carbocycles. The first-order valence-corrected chi connectivity index (χ1v) is 6.01. The summed E-state index contributed by atoms with van der Waals surface area (Å²) in [6.07, 6.45) is 0. The lowest BCUT2D eigenvalue weighted by Gasteiger charge is -2.10. The summed E-state index contributed by atoms with van der Waals surface area (Å²) in [6, 6.07) is 5.53. The van der Waals surface area contributed by atoms with Gasteiger partial charge in [0.25, 0.3) is 0 Å². The maximum Gasteiger partial charge on any atom is 0.162 e. The molecule has 96 valence electrons. The third-order valence-corrected chi connectivity index (χ3v) is 2.33. The van der Waals surface area contributed by atoms with Crippen LogP contribution in [-0.4, -0.2) is 31.5 Å². The average molecular weight is 239 g/mol. The SMILES string of the molecule is CCOCCNCc1cccc(OCC)c1O. The number of rotatable bonds is 8. The van der Waals surface area contributed by atoms with Crippen molar-refractivity contribution < 1.29 is 14.6 Å². The van der Waals surface area contributed by atoms with Gasteiger partial charge in [-0.2, -0.15) is 0 Å². The van der Waals surface area contributed by atoms with Crippen LogP contribution in [0.25, 0.3) is 0 Å². The molecule has 0 aliphatic heterocycles. The van der Waals surface area contributed by atoms with Gasteiger partial charge in [-0.05, 0) is 19.9 Å². The number of nitrogens with one attached hydrogen (secondary N) is 1. The highest BCUT2D eigenvalue weighted by Gasteiger charge is 2.06. The highest BCUT2D eigenvalue weighted by atomic mass is 16.5. The number of phenols is 1. The minimum Gasteiger partial charge on any atom is -0.504 e. The van der Waals surface area contributed by atoms with Crippen molar-refractivity contribution in [1.82, 2.24) is 5.32 Å². The van der Waals surface area contributed by atoms with Gasteiger partial charge in [-0.15, -0.1) is 0 Å². The van der Waals surface area contributed by atoms with Crippen molar-refractivity contribution in [2.45, 2.75) is 20.4 Å². The van der Waals surface area contributed by atoms with Crippen LogP contribution >= 0.6 is 0 Å². The van der Waals surface area contributed by atoms with Gasteiger partial charge in [0.1, 0.15) is 0 Å². The Labute approximate surface area is 103 Å². The molecule has 0 aromatic heterocycles. The molecule has 0 bridgehead atoms. The highest BCUT2D eigenvalue weighted by molar-refractivity contribution is 5.45. The molecular formula is C13H21NO3. The molecule has 0 heterocycles. The molecule has 4 nitrogen and oxygen atoms in total. The summed E-state index contributed by atoms with van der Waals surface area (Å²) in [7, 11) is 0. The van der Waals surface area contributed by atoms with E-state index in [0.29, 0.717) is 25.5 Å². The smallest absolute Gasteiger partial charge is 0.162 e. The predicted molar refractivity (Wildman–Crippen MR) is 67.5 cm³/mol. The van der Waals surface area contributed by atoms with E-state index < -0.39 is 0 Å². The molecule has 0 saturated carbocycles. The average Bonchev–Trinajstić information content (AvgIpc) is 2.33. The van der Waals surface area contributed by atoms with Crippen LogP contribution in [0.2, 0.25) is 0 Å². The van der Waals surface area contributed by atoms with E-state index in [1.807, 2.05) is 26.0 Å². The van der Waals surface area contributed by atoms with Gasteiger partial charge in [0, 0.05) is 25.3 Å². The Balaban J connectivity index is 2.44. The summed E-state index contributed by atoms with van der Waals surface area (Å²) in [5.74, 6) is 0.759. The van der Waals surface area contributed by atoms with Gasteiger partial charge in [-0.25, -0.2) is 0 Å². The normalized spacial score (nSPS) is 10.5. The Hall–Kier alpha value is -1.26. The fourth-order valence-electron chi connectivity index (χ4n) is 1.49. The molecule has 17 heavy (non-hydrogen) atoms. The van der Waals surface area contributed by atoms with Crippen molar-refractivity contribution in [2.75, 3.05) is 26.4 Å². The van der Waals surface area contributed by atoms with E-state index in [2.05, 4.69) is 5.32 Å². The molecule has 4 heteroatoms. The van der Waals surface area contributed by atoms with Gasteiger partial charge in [-0.1, -0.05) is 12.1 Å². The van der Waals surface area contributed by atoms with Crippen LogP contribution in [0, 0.1) is 0 Å². The summed E-state index contributed by atoms with van der Waals surface area (Å²) in [4.78, 5) is 0. The molecule has 0 unspecified atom stereocenters. The Kier molecular flexibility index (Phi) is 6.43. The van der Waals surface area contributed by atoms with Crippen molar-refractivity contribution in [3.05, 3.63) is 23.8 Å². The molecule has 0 amide bonds. The van der Waals surface area contributed by atoms with Crippen LogP contribution < -0.4 is 10.1 Å². The van der Waals surface area contributed by atoms with Crippen LogP contribution in [0.3, 0.4) is 0 Å². The predicted octanol–water partition coefficient (Wildman–Crippen LogP) is 1.92. The van der Waals surface area contributed by atoms with E-state index in [1.165, 1.54) is 0 Å². The third kappa shape index (κ3) is 4.63. The Morgan fingerprint density at radius 3 is 2.76 bits per heavy atom. The van der Waals surface area contributed by atoms with Gasteiger partial charge in [0.05, 0.1) is 13.2 Å². The second-order valence-corrected chi connectivity index (χ2v) is 3.57. The van der Waals surface area contributed by atoms with E-state index in [4.69, 9.17) is 9.47 Å². The highest BCUT2D eigenvalue weighted by Crippen LogP contribution is 2.29. The minimum atomic E-state index is 0.221. The van der Waals surface area contributed by atoms with Crippen molar-refractivity contribution in [3.8, 4) is 11.5 Å². The quantitative estimate of drug-likeness (QED) is 0.680. The maximum atomic E-state index is 9.93. The first kappa shape index (κ1) is 13.8. The first-order valence-electron chi connectivity index (χ1n) is 6.01. The zero-order valence-corrected chi connectivity index (χ0v) is 10.5. The third-order valence-electron chi connectivity index (χ3n) is 2.33. The molecule has 0 fully saturated rings.